The third kappa shape index (κ3) is 5.24. The molecule has 1 saturated carbocycles. The van der Waals surface area contributed by atoms with Crippen molar-refractivity contribution in [3.63, 3.8) is 0 Å². The van der Waals surface area contributed by atoms with Crippen molar-refractivity contribution >= 4 is 5.57 Å². The third-order valence-electron chi connectivity index (χ3n) is 11.3. The van der Waals surface area contributed by atoms with Crippen LogP contribution in [-0.2, 0) is 25.7 Å². The molecule has 0 aliphatic heterocycles. The number of allylic oxidation sites excluding steroid dienone is 6. The highest BCUT2D eigenvalue weighted by Crippen LogP contribution is 2.46. The van der Waals surface area contributed by atoms with E-state index in [1.807, 2.05) is 0 Å². The minimum Gasteiger partial charge on any atom is -0.0952 e. The molecule has 1 fully saturated rings. The fourth-order valence-electron chi connectivity index (χ4n) is 8.68. The molecule has 4 aliphatic rings. The Kier molecular flexibility index (Phi) is 7.82. The Labute approximate surface area is 244 Å². The Balaban J connectivity index is 1.15. The van der Waals surface area contributed by atoms with Gasteiger partial charge in [-0.05, 0) is 176 Å². The molecule has 4 aliphatic carbocycles. The molecule has 2 aromatic carbocycles. The first kappa shape index (κ1) is 27.6. The molecule has 0 nitrogen and oxygen atoms in total. The molecule has 2 unspecified atom stereocenters. The second kappa shape index (κ2) is 11.3. The van der Waals surface area contributed by atoms with Crippen molar-refractivity contribution in [3.05, 3.63) is 110 Å². The zero-order chi connectivity index (χ0) is 28.0. The summed E-state index contributed by atoms with van der Waals surface area (Å²) >= 11 is 0. The van der Waals surface area contributed by atoms with Crippen LogP contribution in [-0.4, -0.2) is 0 Å². The summed E-state index contributed by atoms with van der Waals surface area (Å²) in [6.07, 6.45) is 21.5. The lowest BCUT2D eigenvalue weighted by Gasteiger charge is -2.24. The molecular formula is C40H50. The van der Waals surface area contributed by atoms with Crippen LogP contribution in [0.3, 0.4) is 0 Å². The van der Waals surface area contributed by atoms with Gasteiger partial charge in [0.05, 0.1) is 0 Å². The minimum absolute atomic E-state index is 0.584. The fraction of sp³-hybridized carbons (Fsp3) is 0.500. The number of hydrogen-bond acceptors (Lipinski definition) is 0. The van der Waals surface area contributed by atoms with Gasteiger partial charge in [0, 0.05) is 0 Å². The largest absolute Gasteiger partial charge is 0.0952 e. The van der Waals surface area contributed by atoms with Crippen LogP contribution >= 0.6 is 0 Å². The van der Waals surface area contributed by atoms with E-state index in [9.17, 15) is 0 Å². The lowest BCUT2D eigenvalue weighted by atomic mass is 9.81. The number of fused-ring (bicyclic) bond motifs is 2. The van der Waals surface area contributed by atoms with Crippen molar-refractivity contribution in [3.8, 4) is 0 Å². The molecule has 210 valence electrons. The lowest BCUT2D eigenvalue weighted by molar-refractivity contribution is 0.446. The standard InChI is InChI=1S/C40H50/c1-25-11-9-14-32(15-10-16-38-28(4)26(2)19-27(3)29(38)5)40(25)37-22-34-21-36-20-33(18-17-31-12-7-8-13-31)30(6)39(36)24-35(34)23-37/h9,14,19,21,24,31,33,37H,1,6-8,10-13,15-18,20,22-23H2,2-5H3. The molecule has 6 rings (SSSR count). The van der Waals surface area contributed by atoms with E-state index in [1.54, 1.807) is 33.4 Å². The topological polar surface area (TPSA) is 0 Å². The predicted molar refractivity (Wildman–Crippen MR) is 173 cm³/mol. The van der Waals surface area contributed by atoms with Gasteiger partial charge >= 0.3 is 0 Å². The van der Waals surface area contributed by atoms with E-state index in [4.69, 9.17) is 0 Å². The van der Waals surface area contributed by atoms with Crippen molar-refractivity contribution in [2.45, 2.75) is 111 Å². The molecule has 0 aromatic heterocycles. The highest BCUT2D eigenvalue weighted by Gasteiger charge is 2.33. The van der Waals surface area contributed by atoms with Gasteiger partial charge in [-0.2, -0.15) is 0 Å². The van der Waals surface area contributed by atoms with Gasteiger partial charge in [0.15, 0.2) is 0 Å². The molecular weight excluding hydrogens is 480 g/mol. The van der Waals surface area contributed by atoms with Crippen LogP contribution < -0.4 is 0 Å². The average Bonchev–Trinajstić information content (AvgIpc) is 3.66. The lowest BCUT2D eigenvalue weighted by Crippen LogP contribution is -2.11. The monoisotopic (exact) mass is 530 g/mol. The predicted octanol–water partition coefficient (Wildman–Crippen LogP) is 10.6. The first-order valence-corrected chi connectivity index (χ1v) is 16.3. The zero-order valence-electron chi connectivity index (χ0n) is 25.7. The van der Waals surface area contributed by atoms with Crippen molar-refractivity contribution in [2.24, 2.45) is 17.8 Å². The molecule has 0 saturated heterocycles. The van der Waals surface area contributed by atoms with Gasteiger partial charge in [-0.1, -0.05) is 69.2 Å². The fourth-order valence-corrected chi connectivity index (χ4v) is 8.68. The molecule has 0 radical (unpaired) electrons. The van der Waals surface area contributed by atoms with E-state index in [0.29, 0.717) is 11.8 Å². The van der Waals surface area contributed by atoms with Crippen molar-refractivity contribution in [1.29, 1.82) is 0 Å². The first-order chi connectivity index (χ1) is 19.3. The van der Waals surface area contributed by atoms with Crippen LogP contribution in [0.1, 0.15) is 108 Å². The van der Waals surface area contributed by atoms with E-state index < -0.39 is 0 Å². The number of hydrogen-bond donors (Lipinski definition) is 0. The molecule has 40 heavy (non-hydrogen) atoms. The summed E-state index contributed by atoms with van der Waals surface area (Å²) in [4.78, 5) is 0. The van der Waals surface area contributed by atoms with E-state index in [2.05, 4.69) is 71.2 Å². The van der Waals surface area contributed by atoms with E-state index in [-0.39, 0.29) is 0 Å². The van der Waals surface area contributed by atoms with E-state index in [1.165, 1.54) is 110 Å². The summed E-state index contributed by atoms with van der Waals surface area (Å²) in [5.41, 5.74) is 19.6. The van der Waals surface area contributed by atoms with Gasteiger partial charge in [-0.25, -0.2) is 0 Å². The van der Waals surface area contributed by atoms with E-state index in [0.717, 1.165) is 18.8 Å². The molecule has 0 N–H and O–H groups in total. The quantitative estimate of drug-likeness (QED) is 0.318. The Morgan fingerprint density at radius 3 is 2.20 bits per heavy atom. The molecule has 0 bridgehead atoms. The number of aryl methyl sites for hydroxylation is 2. The van der Waals surface area contributed by atoms with Gasteiger partial charge < -0.3 is 0 Å². The maximum atomic E-state index is 4.63. The van der Waals surface area contributed by atoms with Crippen LogP contribution in [0.15, 0.2) is 60.2 Å². The molecule has 0 amide bonds. The van der Waals surface area contributed by atoms with Gasteiger partial charge in [0.25, 0.3) is 0 Å². The molecule has 2 aromatic rings. The number of benzene rings is 2. The van der Waals surface area contributed by atoms with Crippen LogP contribution in [0.2, 0.25) is 0 Å². The molecule has 0 heterocycles. The van der Waals surface area contributed by atoms with Crippen molar-refractivity contribution in [1.82, 2.24) is 0 Å². The van der Waals surface area contributed by atoms with Crippen LogP contribution in [0.5, 0.6) is 0 Å². The molecule has 0 heteroatoms. The maximum Gasteiger partial charge on any atom is -0.00755 e. The maximum absolute atomic E-state index is 4.63. The summed E-state index contributed by atoms with van der Waals surface area (Å²) < 4.78 is 0. The second-order valence-corrected chi connectivity index (χ2v) is 13.8. The summed E-state index contributed by atoms with van der Waals surface area (Å²) in [6, 6.07) is 7.48. The smallest absolute Gasteiger partial charge is 0.00755 e. The van der Waals surface area contributed by atoms with Crippen molar-refractivity contribution in [2.75, 3.05) is 0 Å². The summed E-state index contributed by atoms with van der Waals surface area (Å²) in [6.45, 7) is 18.4. The highest BCUT2D eigenvalue weighted by atomic mass is 14.4. The highest BCUT2D eigenvalue weighted by molar-refractivity contribution is 5.74. The molecule has 2 atom stereocenters. The van der Waals surface area contributed by atoms with Gasteiger partial charge in [-0.3, -0.25) is 0 Å². The summed E-state index contributed by atoms with van der Waals surface area (Å²) in [7, 11) is 0. The van der Waals surface area contributed by atoms with Crippen molar-refractivity contribution < 1.29 is 0 Å². The Hall–Kier alpha value is -2.60. The normalized spacial score (nSPS) is 22.5. The Bertz CT molecular complexity index is 1370. The second-order valence-electron chi connectivity index (χ2n) is 13.8. The SMILES string of the molecule is C=C1CC=CC(CCCc2c(C)c(C)cc(C)c2C)=C1C1Cc2cc3c(cc2C1)C(=C)C(CCC1CCCC1)C3. The van der Waals surface area contributed by atoms with Gasteiger partial charge in [-0.15, -0.1) is 0 Å². The van der Waals surface area contributed by atoms with E-state index >= 15 is 0 Å². The summed E-state index contributed by atoms with van der Waals surface area (Å²) in [5, 5.41) is 0. The van der Waals surface area contributed by atoms with Crippen LogP contribution in [0.25, 0.3) is 5.57 Å². The molecule has 0 spiro atoms. The average molecular weight is 531 g/mol. The minimum atomic E-state index is 0.584. The summed E-state index contributed by atoms with van der Waals surface area (Å²) in [5.74, 6) is 2.24. The van der Waals surface area contributed by atoms with Gasteiger partial charge in [0.2, 0.25) is 0 Å². The zero-order valence-corrected chi connectivity index (χ0v) is 25.7. The third-order valence-corrected chi connectivity index (χ3v) is 11.3. The number of rotatable bonds is 8. The van der Waals surface area contributed by atoms with Gasteiger partial charge in [0.1, 0.15) is 0 Å². The Morgan fingerprint density at radius 2 is 1.48 bits per heavy atom. The first-order valence-electron chi connectivity index (χ1n) is 16.3. The Morgan fingerprint density at radius 1 is 0.775 bits per heavy atom. The van der Waals surface area contributed by atoms with Crippen LogP contribution in [0.4, 0.5) is 0 Å². The van der Waals surface area contributed by atoms with Crippen LogP contribution in [0, 0.1) is 45.4 Å².